The van der Waals surface area contributed by atoms with Gasteiger partial charge in [0, 0.05) is 5.39 Å². The topological polar surface area (TPSA) is 38.9 Å². The highest BCUT2D eigenvalue weighted by atomic mass is 35.5. The van der Waals surface area contributed by atoms with Crippen molar-refractivity contribution >= 4 is 28.3 Å². The first-order valence-electron chi connectivity index (χ1n) is 5.35. The Kier molecular flexibility index (Phi) is 2.74. The number of pyridine rings is 1. The molecule has 2 aromatic rings. The lowest BCUT2D eigenvalue weighted by Crippen LogP contribution is -2.11. The molecule has 1 aromatic carbocycles. The predicted molar refractivity (Wildman–Crippen MR) is 69.8 cm³/mol. The molecule has 17 heavy (non-hydrogen) atoms. The Morgan fingerprint density at radius 3 is 2.47 bits per heavy atom. The number of hydrogen-bond donors (Lipinski definition) is 1. The molecule has 90 valence electrons. The van der Waals surface area contributed by atoms with Gasteiger partial charge in [0.15, 0.2) is 0 Å². The molecule has 0 saturated carbocycles. The Bertz CT molecular complexity index is 588. The van der Waals surface area contributed by atoms with Gasteiger partial charge in [-0.3, -0.25) is 0 Å². The van der Waals surface area contributed by atoms with Crippen LogP contribution in [-0.4, -0.2) is 4.98 Å². The van der Waals surface area contributed by atoms with E-state index in [0.29, 0.717) is 10.9 Å². The molecular weight excluding hydrogens is 239 g/mol. The van der Waals surface area contributed by atoms with E-state index in [1.165, 1.54) is 12.1 Å². The van der Waals surface area contributed by atoms with Crippen molar-refractivity contribution in [3.05, 3.63) is 34.6 Å². The van der Waals surface area contributed by atoms with Gasteiger partial charge < -0.3 is 5.73 Å². The molecule has 0 amide bonds. The van der Waals surface area contributed by atoms with Gasteiger partial charge >= 0.3 is 0 Å². The predicted octanol–water partition coefficient (Wildman–Crippen LogP) is 3.91. The molecule has 0 radical (unpaired) electrons. The smallest absolute Gasteiger partial charge is 0.142 e. The summed E-state index contributed by atoms with van der Waals surface area (Å²) in [7, 11) is 0. The first-order chi connectivity index (χ1) is 7.79. The van der Waals surface area contributed by atoms with Crippen LogP contribution in [0.25, 0.3) is 10.9 Å². The first-order valence-corrected chi connectivity index (χ1v) is 5.72. The van der Waals surface area contributed by atoms with Gasteiger partial charge in [0.1, 0.15) is 11.6 Å². The maximum absolute atomic E-state index is 13.9. The quantitative estimate of drug-likeness (QED) is 0.772. The summed E-state index contributed by atoms with van der Waals surface area (Å²) in [5.74, 6) is -0.0912. The van der Waals surface area contributed by atoms with Gasteiger partial charge in [-0.2, -0.15) is 0 Å². The fraction of sp³-hybridized carbons (Fsp3) is 0.308. The third-order valence-corrected chi connectivity index (χ3v) is 3.03. The summed E-state index contributed by atoms with van der Waals surface area (Å²) in [4.78, 5) is 4.12. The van der Waals surface area contributed by atoms with Gasteiger partial charge in [-0.15, -0.1) is 0 Å². The third kappa shape index (κ3) is 2.20. The van der Waals surface area contributed by atoms with Crippen molar-refractivity contribution < 1.29 is 4.39 Å². The zero-order valence-corrected chi connectivity index (χ0v) is 10.8. The van der Waals surface area contributed by atoms with Crippen LogP contribution in [0.3, 0.4) is 0 Å². The second kappa shape index (κ2) is 3.84. The van der Waals surface area contributed by atoms with E-state index in [2.05, 4.69) is 4.98 Å². The summed E-state index contributed by atoms with van der Waals surface area (Å²) >= 11 is 5.84. The number of anilines is 1. The van der Waals surface area contributed by atoms with E-state index in [0.717, 1.165) is 5.56 Å². The molecule has 2 N–H and O–H groups in total. The van der Waals surface area contributed by atoms with E-state index in [-0.39, 0.29) is 22.1 Å². The fourth-order valence-corrected chi connectivity index (χ4v) is 1.81. The molecule has 1 heterocycles. The number of rotatable bonds is 0. The summed E-state index contributed by atoms with van der Waals surface area (Å²) in [5, 5.41) is 0.678. The third-order valence-electron chi connectivity index (χ3n) is 2.73. The molecule has 0 saturated heterocycles. The van der Waals surface area contributed by atoms with Crippen LogP contribution >= 0.6 is 11.6 Å². The maximum atomic E-state index is 13.9. The Labute approximate surface area is 105 Å². The van der Waals surface area contributed by atoms with E-state index in [1.54, 1.807) is 0 Å². The first kappa shape index (κ1) is 12.1. The van der Waals surface area contributed by atoms with E-state index in [4.69, 9.17) is 17.3 Å². The fourth-order valence-electron chi connectivity index (χ4n) is 1.66. The molecule has 1 aromatic heterocycles. The van der Waals surface area contributed by atoms with E-state index >= 15 is 0 Å². The SMILES string of the molecule is CC(C)(C)c1cc(F)c2cc(Cl)c(N)nc2c1. The van der Waals surface area contributed by atoms with Gasteiger partial charge in [-0.25, -0.2) is 9.37 Å². The average Bonchev–Trinajstić information content (AvgIpc) is 2.19. The largest absolute Gasteiger partial charge is 0.382 e. The lowest BCUT2D eigenvalue weighted by Gasteiger charge is -2.19. The van der Waals surface area contributed by atoms with E-state index in [9.17, 15) is 4.39 Å². The minimum absolute atomic E-state index is 0.134. The Hall–Kier alpha value is -1.35. The van der Waals surface area contributed by atoms with Crippen molar-refractivity contribution in [2.75, 3.05) is 5.73 Å². The molecule has 2 rings (SSSR count). The molecule has 0 fully saturated rings. The number of nitrogens with two attached hydrogens (primary N) is 1. The number of fused-ring (bicyclic) bond motifs is 1. The van der Waals surface area contributed by atoms with Gasteiger partial charge in [0.05, 0.1) is 10.5 Å². The zero-order chi connectivity index (χ0) is 12.8. The van der Waals surface area contributed by atoms with Crippen LogP contribution in [0.5, 0.6) is 0 Å². The lowest BCUT2D eigenvalue weighted by atomic mass is 9.86. The van der Waals surface area contributed by atoms with Crippen molar-refractivity contribution in [1.29, 1.82) is 0 Å². The molecule has 0 aliphatic rings. The summed E-state index contributed by atoms with van der Waals surface area (Å²) < 4.78 is 13.9. The van der Waals surface area contributed by atoms with Crippen LogP contribution in [0.15, 0.2) is 18.2 Å². The van der Waals surface area contributed by atoms with E-state index in [1.807, 2.05) is 26.8 Å². The summed E-state index contributed by atoms with van der Waals surface area (Å²) in [5.41, 5.74) is 6.92. The molecule has 0 unspecified atom stereocenters. The molecule has 4 heteroatoms. The molecule has 2 nitrogen and oxygen atoms in total. The monoisotopic (exact) mass is 252 g/mol. The number of benzene rings is 1. The molecule has 0 bridgehead atoms. The Balaban J connectivity index is 2.78. The highest BCUT2D eigenvalue weighted by Crippen LogP contribution is 2.30. The van der Waals surface area contributed by atoms with E-state index < -0.39 is 0 Å². The molecule has 0 aliphatic heterocycles. The summed E-state index contributed by atoms with van der Waals surface area (Å²) in [6.45, 7) is 6.06. The van der Waals surface area contributed by atoms with Crippen molar-refractivity contribution in [2.24, 2.45) is 0 Å². The minimum Gasteiger partial charge on any atom is -0.382 e. The van der Waals surface area contributed by atoms with Crippen LogP contribution in [0.2, 0.25) is 5.02 Å². The maximum Gasteiger partial charge on any atom is 0.142 e. The number of nitrogen functional groups attached to an aromatic ring is 1. The van der Waals surface area contributed by atoms with Gasteiger partial charge in [0.25, 0.3) is 0 Å². The Morgan fingerprint density at radius 1 is 1.24 bits per heavy atom. The van der Waals surface area contributed by atoms with Crippen molar-refractivity contribution in [3.63, 3.8) is 0 Å². The molecule has 0 atom stereocenters. The molecular formula is C13H14ClFN2. The van der Waals surface area contributed by atoms with Crippen LogP contribution in [0.1, 0.15) is 26.3 Å². The number of hydrogen-bond acceptors (Lipinski definition) is 2. The minimum atomic E-state index is -0.318. The summed E-state index contributed by atoms with van der Waals surface area (Å²) in [6.07, 6.45) is 0. The number of nitrogens with zero attached hydrogens (tertiary/aromatic N) is 1. The standard InChI is InChI=1S/C13H14ClFN2/c1-13(2,3)7-4-10(15)8-6-9(14)12(16)17-11(8)5-7/h4-6H,1-3H3,(H2,16,17). The Morgan fingerprint density at radius 2 is 1.88 bits per heavy atom. The second-order valence-corrected chi connectivity index (χ2v) is 5.54. The van der Waals surface area contributed by atoms with Gasteiger partial charge in [0.2, 0.25) is 0 Å². The lowest BCUT2D eigenvalue weighted by molar-refractivity contribution is 0.576. The van der Waals surface area contributed by atoms with Gasteiger partial charge in [-0.1, -0.05) is 32.4 Å². The number of halogens is 2. The van der Waals surface area contributed by atoms with Crippen LogP contribution < -0.4 is 5.73 Å². The highest BCUT2D eigenvalue weighted by molar-refractivity contribution is 6.33. The van der Waals surface area contributed by atoms with Crippen LogP contribution in [-0.2, 0) is 5.41 Å². The number of aromatic nitrogens is 1. The van der Waals surface area contributed by atoms with Crippen molar-refractivity contribution in [1.82, 2.24) is 4.98 Å². The zero-order valence-electron chi connectivity index (χ0n) is 10.0. The molecule has 0 aliphatic carbocycles. The van der Waals surface area contributed by atoms with Crippen LogP contribution in [0, 0.1) is 5.82 Å². The van der Waals surface area contributed by atoms with Crippen molar-refractivity contribution in [2.45, 2.75) is 26.2 Å². The second-order valence-electron chi connectivity index (χ2n) is 5.13. The van der Waals surface area contributed by atoms with Crippen molar-refractivity contribution in [3.8, 4) is 0 Å². The van der Waals surface area contributed by atoms with Gasteiger partial charge in [-0.05, 0) is 29.2 Å². The normalized spacial score (nSPS) is 12.1. The summed E-state index contributed by atoms with van der Waals surface area (Å²) in [6, 6.07) is 4.89. The average molecular weight is 253 g/mol. The highest BCUT2D eigenvalue weighted by Gasteiger charge is 2.17. The van der Waals surface area contributed by atoms with Crippen LogP contribution in [0.4, 0.5) is 10.2 Å². The molecule has 0 spiro atoms.